The van der Waals surface area contributed by atoms with Crippen molar-refractivity contribution in [3.05, 3.63) is 0 Å². The van der Waals surface area contributed by atoms with E-state index in [-0.39, 0.29) is 6.04 Å². The maximum absolute atomic E-state index is 5.88. The molecule has 0 amide bonds. The van der Waals surface area contributed by atoms with Gasteiger partial charge in [-0.05, 0) is 12.8 Å². The van der Waals surface area contributed by atoms with Crippen LogP contribution in [0.2, 0.25) is 0 Å². The molecule has 0 radical (unpaired) electrons. The summed E-state index contributed by atoms with van der Waals surface area (Å²) >= 11 is 0. The first-order valence-corrected chi connectivity index (χ1v) is 4.11. The molecule has 0 aromatic rings. The predicted molar refractivity (Wildman–Crippen MR) is 43.2 cm³/mol. The van der Waals surface area contributed by atoms with Crippen molar-refractivity contribution >= 4 is 0 Å². The third-order valence-corrected chi connectivity index (χ3v) is 2.55. The molecule has 0 saturated heterocycles. The van der Waals surface area contributed by atoms with Gasteiger partial charge in [0.2, 0.25) is 0 Å². The lowest BCUT2D eigenvalue weighted by Crippen LogP contribution is -2.52. The summed E-state index contributed by atoms with van der Waals surface area (Å²) in [6.07, 6.45) is 4.26. The molecule has 11 heavy (non-hydrogen) atoms. The van der Waals surface area contributed by atoms with E-state index >= 15 is 0 Å². The van der Waals surface area contributed by atoms with Gasteiger partial charge in [-0.3, -0.25) is 0 Å². The monoisotopic (exact) mass is 159 g/mol. The molecule has 2 N–H and O–H groups in total. The first-order valence-electron chi connectivity index (χ1n) is 4.11. The second kappa shape index (κ2) is 3.52. The average Bonchev–Trinajstić information content (AvgIpc) is 2.06. The van der Waals surface area contributed by atoms with Crippen LogP contribution in [0.5, 0.6) is 0 Å². The second-order valence-corrected chi connectivity index (χ2v) is 3.07. The molecule has 3 nitrogen and oxygen atoms in total. The predicted octanol–water partition coefficient (Wildman–Crippen LogP) is 0.877. The summed E-state index contributed by atoms with van der Waals surface area (Å²) in [4.78, 5) is 0. The van der Waals surface area contributed by atoms with Crippen LogP contribution < -0.4 is 5.73 Å². The van der Waals surface area contributed by atoms with Gasteiger partial charge in [-0.2, -0.15) is 0 Å². The van der Waals surface area contributed by atoms with Crippen LogP contribution in [0.3, 0.4) is 0 Å². The molecule has 1 fully saturated rings. The van der Waals surface area contributed by atoms with Crippen molar-refractivity contribution in [1.29, 1.82) is 0 Å². The number of ether oxygens (including phenoxy) is 2. The van der Waals surface area contributed by atoms with E-state index in [0.717, 1.165) is 19.3 Å². The van der Waals surface area contributed by atoms with Crippen LogP contribution in [0.4, 0.5) is 0 Å². The molecule has 0 aromatic heterocycles. The Morgan fingerprint density at radius 2 is 1.91 bits per heavy atom. The third kappa shape index (κ3) is 1.55. The van der Waals surface area contributed by atoms with Gasteiger partial charge < -0.3 is 15.2 Å². The van der Waals surface area contributed by atoms with E-state index < -0.39 is 5.79 Å². The van der Waals surface area contributed by atoms with E-state index in [0.29, 0.717) is 0 Å². The fourth-order valence-corrected chi connectivity index (χ4v) is 1.73. The molecule has 1 atom stereocenters. The van der Waals surface area contributed by atoms with Gasteiger partial charge in [0.15, 0.2) is 5.79 Å². The molecule has 0 aromatic carbocycles. The summed E-state index contributed by atoms with van der Waals surface area (Å²) in [5.41, 5.74) is 5.88. The van der Waals surface area contributed by atoms with Crippen LogP contribution in [0.1, 0.15) is 25.7 Å². The van der Waals surface area contributed by atoms with E-state index in [1.54, 1.807) is 14.2 Å². The maximum atomic E-state index is 5.88. The van der Waals surface area contributed by atoms with E-state index in [4.69, 9.17) is 15.2 Å². The quantitative estimate of drug-likeness (QED) is 0.608. The molecule has 0 heterocycles. The maximum Gasteiger partial charge on any atom is 0.182 e. The van der Waals surface area contributed by atoms with Gasteiger partial charge in [0, 0.05) is 20.6 Å². The standard InChI is InChI=1S/C8H17NO2/c1-10-8(11-2)6-4-3-5-7(8)9/h7H,3-6,9H2,1-2H3/t7-/m0/s1. The van der Waals surface area contributed by atoms with Crippen molar-refractivity contribution in [3.8, 4) is 0 Å². The summed E-state index contributed by atoms with van der Waals surface area (Å²) in [5, 5.41) is 0. The summed E-state index contributed by atoms with van der Waals surface area (Å²) in [6.45, 7) is 0. The summed E-state index contributed by atoms with van der Waals surface area (Å²) in [6, 6.07) is 0.0336. The van der Waals surface area contributed by atoms with E-state index in [1.165, 1.54) is 6.42 Å². The average molecular weight is 159 g/mol. The Morgan fingerprint density at radius 1 is 1.27 bits per heavy atom. The van der Waals surface area contributed by atoms with Crippen molar-refractivity contribution < 1.29 is 9.47 Å². The Bertz CT molecular complexity index is 123. The highest BCUT2D eigenvalue weighted by Gasteiger charge is 2.38. The zero-order valence-corrected chi connectivity index (χ0v) is 7.30. The van der Waals surface area contributed by atoms with E-state index in [9.17, 15) is 0 Å². The molecule has 0 spiro atoms. The lowest BCUT2D eigenvalue weighted by molar-refractivity contribution is -0.232. The van der Waals surface area contributed by atoms with Crippen LogP contribution >= 0.6 is 0 Å². The van der Waals surface area contributed by atoms with Crippen LogP contribution in [0, 0.1) is 0 Å². The SMILES string of the molecule is COC1(OC)CCCC[C@@H]1N. The fourth-order valence-electron chi connectivity index (χ4n) is 1.73. The molecule has 1 saturated carbocycles. The second-order valence-electron chi connectivity index (χ2n) is 3.07. The Kier molecular flexibility index (Phi) is 2.87. The first kappa shape index (κ1) is 8.97. The smallest absolute Gasteiger partial charge is 0.182 e. The van der Waals surface area contributed by atoms with Gasteiger partial charge in [-0.15, -0.1) is 0 Å². The number of rotatable bonds is 2. The van der Waals surface area contributed by atoms with Gasteiger partial charge in [0.25, 0.3) is 0 Å². The lowest BCUT2D eigenvalue weighted by Gasteiger charge is -2.39. The van der Waals surface area contributed by atoms with Crippen LogP contribution in [-0.2, 0) is 9.47 Å². The first-order chi connectivity index (χ1) is 5.25. The highest BCUT2D eigenvalue weighted by Crippen LogP contribution is 2.30. The molecule has 1 rings (SSSR count). The number of nitrogens with two attached hydrogens (primary N) is 1. The van der Waals surface area contributed by atoms with E-state index in [2.05, 4.69) is 0 Å². The van der Waals surface area contributed by atoms with Crippen molar-refractivity contribution in [2.24, 2.45) is 5.73 Å². The molecule has 0 aliphatic heterocycles. The Balaban J connectivity index is 2.61. The van der Waals surface area contributed by atoms with Crippen LogP contribution in [0.25, 0.3) is 0 Å². The van der Waals surface area contributed by atoms with Gasteiger partial charge in [0.1, 0.15) is 0 Å². The Morgan fingerprint density at radius 3 is 2.27 bits per heavy atom. The Hall–Kier alpha value is -0.120. The van der Waals surface area contributed by atoms with Gasteiger partial charge in [0.05, 0.1) is 6.04 Å². The van der Waals surface area contributed by atoms with Crippen molar-refractivity contribution in [3.63, 3.8) is 0 Å². The number of methoxy groups -OCH3 is 2. The molecule has 0 unspecified atom stereocenters. The third-order valence-electron chi connectivity index (χ3n) is 2.55. The van der Waals surface area contributed by atoms with Gasteiger partial charge in [-0.1, -0.05) is 6.42 Å². The fraction of sp³-hybridized carbons (Fsp3) is 1.00. The lowest BCUT2D eigenvalue weighted by atomic mass is 9.89. The zero-order chi connectivity index (χ0) is 8.32. The van der Waals surface area contributed by atoms with Crippen LogP contribution in [-0.4, -0.2) is 26.0 Å². The molecule has 66 valence electrons. The minimum absolute atomic E-state index is 0.0336. The minimum atomic E-state index is -0.502. The van der Waals surface area contributed by atoms with Gasteiger partial charge in [-0.25, -0.2) is 0 Å². The van der Waals surface area contributed by atoms with Crippen LogP contribution in [0.15, 0.2) is 0 Å². The van der Waals surface area contributed by atoms with E-state index in [1.807, 2.05) is 0 Å². The number of hydrogen-bond donors (Lipinski definition) is 1. The van der Waals surface area contributed by atoms with Crippen molar-refractivity contribution in [1.82, 2.24) is 0 Å². The summed E-state index contributed by atoms with van der Waals surface area (Å²) in [5.74, 6) is -0.502. The van der Waals surface area contributed by atoms with Crippen molar-refractivity contribution in [2.75, 3.05) is 14.2 Å². The minimum Gasteiger partial charge on any atom is -0.352 e. The summed E-state index contributed by atoms with van der Waals surface area (Å²) in [7, 11) is 3.32. The molecule has 1 aliphatic rings. The zero-order valence-electron chi connectivity index (χ0n) is 7.30. The largest absolute Gasteiger partial charge is 0.352 e. The molecular formula is C8H17NO2. The highest BCUT2D eigenvalue weighted by molar-refractivity contribution is 4.86. The Labute approximate surface area is 67.9 Å². The normalized spacial score (nSPS) is 30.3. The highest BCUT2D eigenvalue weighted by atomic mass is 16.7. The summed E-state index contributed by atoms with van der Waals surface area (Å²) < 4.78 is 10.6. The molecule has 0 bridgehead atoms. The molecular weight excluding hydrogens is 142 g/mol. The topological polar surface area (TPSA) is 44.5 Å². The van der Waals surface area contributed by atoms with Crippen molar-refractivity contribution in [2.45, 2.75) is 37.5 Å². The molecule has 1 aliphatic carbocycles. The number of hydrogen-bond acceptors (Lipinski definition) is 3. The van der Waals surface area contributed by atoms with Gasteiger partial charge >= 0.3 is 0 Å². The molecule has 3 heteroatoms.